The summed E-state index contributed by atoms with van der Waals surface area (Å²) in [5, 5.41) is 2.19. The predicted molar refractivity (Wildman–Crippen MR) is 127 cm³/mol. The molecule has 156 valence electrons. The fourth-order valence-electron chi connectivity index (χ4n) is 3.65. The van der Waals surface area contributed by atoms with E-state index in [1.54, 1.807) is 0 Å². The molecule has 0 N–H and O–H groups in total. The van der Waals surface area contributed by atoms with Gasteiger partial charge in [0.05, 0.1) is 0 Å². The van der Waals surface area contributed by atoms with Gasteiger partial charge in [-0.1, -0.05) is 60.2 Å². The van der Waals surface area contributed by atoms with Crippen molar-refractivity contribution in [3.8, 4) is 11.4 Å². The summed E-state index contributed by atoms with van der Waals surface area (Å²) in [5.41, 5.74) is 3.86. The lowest BCUT2D eigenvalue weighted by atomic mass is 9.99. The molecule has 0 bridgehead atoms. The third-order valence-electron chi connectivity index (χ3n) is 5.43. The zero-order valence-corrected chi connectivity index (χ0v) is 18.2. The van der Waals surface area contributed by atoms with Gasteiger partial charge in [0.15, 0.2) is 5.82 Å². The molecular formula is C27H24ClFN2. The van der Waals surface area contributed by atoms with Crippen LogP contribution in [0.4, 0.5) is 4.39 Å². The largest absolute Gasteiger partial charge is 0.236 e. The second-order valence-electron chi connectivity index (χ2n) is 7.62. The summed E-state index contributed by atoms with van der Waals surface area (Å²) >= 11 is 5.94. The molecule has 1 aromatic heterocycles. The molecule has 1 heterocycles. The molecule has 0 aliphatic carbocycles. The second-order valence-corrected chi connectivity index (χ2v) is 8.06. The van der Waals surface area contributed by atoms with Gasteiger partial charge in [0.25, 0.3) is 0 Å². The predicted octanol–water partition coefficient (Wildman–Crippen LogP) is 7.38. The minimum Gasteiger partial charge on any atom is -0.236 e. The van der Waals surface area contributed by atoms with Crippen molar-refractivity contribution in [1.29, 1.82) is 0 Å². The van der Waals surface area contributed by atoms with E-state index in [-0.39, 0.29) is 5.82 Å². The number of aryl methyl sites for hydroxylation is 3. The number of nitrogens with zero attached hydrogens (tertiary/aromatic N) is 2. The van der Waals surface area contributed by atoms with E-state index in [1.165, 1.54) is 0 Å². The van der Waals surface area contributed by atoms with E-state index in [0.29, 0.717) is 22.7 Å². The lowest BCUT2D eigenvalue weighted by Gasteiger charge is -2.09. The average molecular weight is 431 g/mol. The van der Waals surface area contributed by atoms with Crippen LogP contribution >= 0.6 is 11.6 Å². The maximum atomic E-state index is 15.1. The number of hydrogen-bond donors (Lipinski definition) is 0. The van der Waals surface area contributed by atoms with Crippen molar-refractivity contribution in [3.05, 3.63) is 107 Å². The molecule has 31 heavy (non-hydrogen) atoms. The van der Waals surface area contributed by atoms with Crippen LogP contribution in [0.1, 0.15) is 30.0 Å². The van der Waals surface area contributed by atoms with Gasteiger partial charge in [-0.2, -0.15) is 0 Å². The Kier molecular flexibility index (Phi) is 6.73. The molecule has 0 atom stereocenters. The van der Waals surface area contributed by atoms with Crippen molar-refractivity contribution >= 4 is 22.4 Å². The lowest BCUT2D eigenvalue weighted by Crippen LogP contribution is -1.97. The Labute approximate surface area is 187 Å². The fourth-order valence-corrected chi connectivity index (χ4v) is 3.77. The van der Waals surface area contributed by atoms with Crippen molar-refractivity contribution in [2.24, 2.45) is 0 Å². The van der Waals surface area contributed by atoms with Gasteiger partial charge in [0.2, 0.25) is 0 Å². The SMILES string of the molecule is C/C=C/CCc1cnc(-c2ccc3c(F)c(CCc4ccc(Cl)cc4)ccc3c2)nc1. The number of allylic oxidation sites excluding steroid dienone is 2. The normalized spacial score (nSPS) is 11.5. The Hall–Kier alpha value is -3.04. The fraction of sp³-hybridized carbons (Fsp3) is 0.185. The zero-order valence-electron chi connectivity index (χ0n) is 17.5. The smallest absolute Gasteiger partial charge is 0.159 e. The van der Waals surface area contributed by atoms with Gasteiger partial charge in [-0.15, -0.1) is 0 Å². The summed E-state index contributed by atoms with van der Waals surface area (Å²) in [4.78, 5) is 9.01. The van der Waals surface area contributed by atoms with Gasteiger partial charge in [-0.25, -0.2) is 14.4 Å². The van der Waals surface area contributed by atoms with Gasteiger partial charge < -0.3 is 0 Å². The molecule has 0 aliphatic heterocycles. The van der Waals surface area contributed by atoms with E-state index in [9.17, 15) is 0 Å². The molecular weight excluding hydrogens is 407 g/mol. The van der Waals surface area contributed by atoms with Crippen LogP contribution in [0.2, 0.25) is 5.02 Å². The molecule has 0 radical (unpaired) electrons. The molecule has 0 saturated heterocycles. The van der Waals surface area contributed by atoms with E-state index >= 15 is 4.39 Å². The lowest BCUT2D eigenvalue weighted by molar-refractivity contribution is 0.620. The van der Waals surface area contributed by atoms with E-state index < -0.39 is 0 Å². The Bertz CT molecular complexity index is 1200. The molecule has 0 saturated carbocycles. The molecule has 0 spiro atoms. The van der Waals surface area contributed by atoms with Crippen molar-refractivity contribution in [2.45, 2.75) is 32.6 Å². The summed E-state index contributed by atoms with van der Waals surface area (Å²) < 4.78 is 15.1. The average Bonchev–Trinajstić information content (AvgIpc) is 2.80. The Morgan fingerprint density at radius 3 is 2.39 bits per heavy atom. The Morgan fingerprint density at radius 2 is 1.65 bits per heavy atom. The van der Waals surface area contributed by atoms with Crippen molar-refractivity contribution < 1.29 is 4.39 Å². The third-order valence-corrected chi connectivity index (χ3v) is 5.68. The minimum absolute atomic E-state index is 0.154. The summed E-state index contributed by atoms with van der Waals surface area (Å²) in [6.45, 7) is 2.02. The van der Waals surface area contributed by atoms with Crippen LogP contribution in [0, 0.1) is 5.82 Å². The highest BCUT2D eigenvalue weighted by Crippen LogP contribution is 2.27. The molecule has 4 aromatic rings. The van der Waals surface area contributed by atoms with E-state index in [4.69, 9.17) is 11.6 Å². The van der Waals surface area contributed by atoms with Crippen LogP contribution in [0.25, 0.3) is 22.2 Å². The molecule has 0 unspecified atom stereocenters. The van der Waals surface area contributed by atoms with E-state index in [0.717, 1.165) is 46.9 Å². The minimum atomic E-state index is -0.154. The first-order valence-corrected chi connectivity index (χ1v) is 10.9. The van der Waals surface area contributed by atoms with Crippen LogP contribution in [-0.4, -0.2) is 9.97 Å². The van der Waals surface area contributed by atoms with Crippen LogP contribution in [0.3, 0.4) is 0 Å². The van der Waals surface area contributed by atoms with E-state index in [1.807, 2.05) is 80.0 Å². The van der Waals surface area contributed by atoms with Crippen molar-refractivity contribution in [3.63, 3.8) is 0 Å². The second kappa shape index (κ2) is 9.84. The number of hydrogen-bond acceptors (Lipinski definition) is 2. The van der Waals surface area contributed by atoms with Gasteiger partial charge in [0, 0.05) is 28.4 Å². The molecule has 0 fully saturated rings. The topological polar surface area (TPSA) is 25.8 Å². The molecule has 0 amide bonds. The van der Waals surface area contributed by atoms with Crippen LogP contribution in [0.15, 0.2) is 79.1 Å². The number of aromatic nitrogens is 2. The van der Waals surface area contributed by atoms with Gasteiger partial charge in [-0.3, -0.25) is 0 Å². The molecule has 3 aromatic carbocycles. The standard InChI is InChI=1S/C27H24ClFN2/c1-2-3-4-5-20-17-30-27(31-18-20)23-12-15-25-22(16-23)11-10-21(26(25)29)9-6-19-7-13-24(28)14-8-19/h2-3,7-8,10-18H,4-6,9H2,1H3/b3-2+. The molecule has 4 heteroatoms. The monoisotopic (exact) mass is 430 g/mol. The summed E-state index contributed by atoms with van der Waals surface area (Å²) in [5.74, 6) is 0.502. The number of benzene rings is 3. The first-order chi connectivity index (χ1) is 15.1. The molecule has 0 aliphatic rings. The molecule has 4 rings (SSSR count). The maximum absolute atomic E-state index is 15.1. The number of rotatable bonds is 7. The quantitative estimate of drug-likeness (QED) is 0.286. The third kappa shape index (κ3) is 5.18. The maximum Gasteiger partial charge on any atom is 0.159 e. The number of halogens is 2. The zero-order chi connectivity index (χ0) is 21.6. The van der Waals surface area contributed by atoms with Crippen LogP contribution in [0.5, 0.6) is 0 Å². The van der Waals surface area contributed by atoms with Crippen molar-refractivity contribution in [2.75, 3.05) is 0 Å². The highest BCUT2D eigenvalue weighted by molar-refractivity contribution is 6.30. The van der Waals surface area contributed by atoms with Crippen molar-refractivity contribution in [1.82, 2.24) is 9.97 Å². The number of fused-ring (bicyclic) bond motifs is 1. The first kappa shape index (κ1) is 21.2. The van der Waals surface area contributed by atoms with Gasteiger partial charge >= 0.3 is 0 Å². The van der Waals surface area contributed by atoms with Crippen LogP contribution in [-0.2, 0) is 19.3 Å². The summed E-state index contributed by atoms with van der Waals surface area (Å²) in [7, 11) is 0. The van der Waals surface area contributed by atoms with E-state index in [2.05, 4.69) is 16.0 Å². The van der Waals surface area contributed by atoms with Crippen LogP contribution < -0.4 is 0 Å². The highest BCUT2D eigenvalue weighted by atomic mass is 35.5. The molecule has 2 nitrogen and oxygen atoms in total. The summed E-state index contributed by atoms with van der Waals surface area (Å²) in [6, 6.07) is 17.2. The Balaban J connectivity index is 1.52. The van der Waals surface area contributed by atoms with Gasteiger partial charge in [0.1, 0.15) is 5.82 Å². The van der Waals surface area contributed by atoms with Gasteiger partial charge in [-0.05, 0) is 72.9 Å². The first-order valence-electron chi connectivity index (χ1n) is 10.5. The highest BCUT2D eigenvalue weighted by Gasteiger charge is 2.10. The summed E-state index contributed by atoms with van der Waals surface area (Å²) in [6.07, 6.45) is 11.2. The Morgan fingerprint density at radius 1 is 0.871 bits per heavy atom.